The van der Waals surface area contributed by atoms with Crippen molar-refractivity contribution in [1.82, 2.24) is 14.5 Å². The Kier molecular flexibility index (Phi) is 4.99. The molecule has 134 valence electrons. The smallest absolute Gasteiger partial charge is 0.263 e. The molecule has 1 amide bonds. The molecule has 2 heterocycles. The minimum absolute atomic E-state index is 0.0597. The number of hydrogen-bond donors (Lipinski definition) is 1. The first-order chi connectivity index (χ1) is 11.8. The van der Waals surface area contributed by atoms with E-state index in [1.165, 1.54) is 23.6 Å². The summed E-state index contributed by atoms with van der Waals surface area (Å²) >= 11 is 7.00. The molecular weight excluding hydrogens is 384 g/mol. The minimum atomic E-state index is -4.02. The van der Waals surface area contributed by atoms with E-state index in [4.69, 9.17) is 11.6 Å². The molecule has 1 aliphatic rings. The van der Waals surface area contributed by atoms with E-state index in [-0.39, 0.29) is 39.3 Å². The Balaban J connectivity index is 2.02. The van der Waals surface area contributed by atoms with E-state index in [1.54, 1.807) is 4.90 Å². The highest BCUT2D eigenvalue weighted by molar-refractivity contribution is 7.92. The van der Waals surface area contributed by atoms with Gasteiger partial charge in [0, 0.05) is 17.1 Å². The Bertz CT molecular complexity index is 876. The first kappa shape index (κ1) is 18.1. The Morgan fingerprint density at radius 1 is 1.32 bits per heavy atom. The van der Waals surface area contributed by atoms with Crippen molar-refractivity contribution in [3.63, 3.8) is 0 Å². The van der Waals surface area contributed by atoms with E-state index >= 15 is 0 Å². The predicted octanol–water partition coefficient (Wildman–Crippen LogP) is 3.01. The monoisotopic (exact) mass is 400 g/mol. The maximum absolute atomic E-state index is 13.0. The van der Waals surface area contributed by atoms with Gasteiger partial charge in [0.2, 0.25) is 0 Å². The molecule has 0 saturated carbocycles. The highest BCUT2D eigenvalue weighted by atomic mass is 35.5. The van der Waals surface area contributed by atoms with Gasteiger partial charge >= 0.3 is 0 Å². The number of carbonyl (C=O) groups is 1. The lowest BCUT2D eigenvalue weighted by Crippen LogP contribution is -2.39. The fraction of sp³-hybridized carbons (Fsp3) is 0.400. The van der Waals surface area contributed by atoms with Crippen LogP contribution in [0.2, 0.25) is 5.02 Å². The molecule has 1 N–H and O–H groups in total. The number of rotatable bonds is 4. The zero-order valence-corrected chi connectivity index (χ0v) is 16.0. The summed E-state index contributed by atoms with van der Waals surface area (Å²) in [5.41, 5.74) is 0.0979. The van der Waals surface area contributed by atoms with Crippen molar-refractivity contribution in [1.29, 1.82) is 0 Å². The van der Waals surface area contributed by atoms with Crippen LogP contribution in [0.15, 0.2) is 28.5 Å². The molecule has 0 bridgehead atoms. The van der Waals surface area contributed by atoms with E-state index in [0.717, 1.165) is 24.4 Å². The van der Waals surface area contributed by atoms with E-state index in [2.05, 4.69) is 14.3 Å². The Morgan fingerprint density at radius 3 is 2.60 bits per heavy atom. The third kappa shape index (κ3) is 3.63. The molecule has 3 rings (SSSR count). The van der Waals surface area contributed by atoms with Crippen LogP contribution in [0.25, 0.3) is 0 Å². The van der Waals surface area contributed by atoms with Crippen LogP contribution in [-0.2, 0) is 10.0 Å². The summed E-state index contributed by atoms with van der Waals surface area (Å²) in [6.07, 6.45) is 1.79. The topological polar surface area (TPSA) is 92.3 Å². The largest absolute Gasteiger partial charge is 0.333 e. The van der Waals surface area contributed by atoms with Gasteiger partial charge in [0.05, 0.1) is 10.9 Å². The van der Waals surface area contributed by atoms with E-state index in [0.29, 0.717) is 0 Å². The first-order valence-corrected chi connectivity index (χ1v) is 10.4. The summed E-state index contributed by atoms with van der Waals surface area (Å²) < 4.78 is 31.5. The Labute approximate surface area is 155 Å². The van der Waals surface area contributed by atoms with Gasteiger partial charge in [0.1, 0.15) is 4.90 Å². The third-order valence-electron chi connectivity index (χ3n) is 4.25. The maximum atomic E-state index is 13.0. The number of nitrogens with one attached hydrogen (secondary N) is 1. The second-order valence-corrected chi connectivity index (χ2v) is 8.72. The van der Waals surface area contributed by atoms with Crippen LogP contribution in [0, 0.1) is 0 Å². The number of anilines is 1. The molecule has 2 aromatic rings. The Morgan fingerprint density at radius 2 is 2.00 bits per heavy atom. The summed E-state index contributed by atoms with van der Waals surface area (Å²) in [4.78, 5) is 14.6. The molecule has 1 aromatic heterocycles. The lowest BCUT2D eigenvalue weighted by atomic mass is 10.1. The van der Waals surface area contributed by atoms with Gasteiger partial charge in [-0.1, -0.05) is 16.1 Å². The van der Waals surface area contributed by atoms with Crippen LogP contribution in [0.5, 0.6) is 0 Å². The van der Waals surface area contributed by atoms with Gasteiger partial charge in [-0.05, 0) is 56.4 Å². The number of carbonyl (C=O) groups excluding carboxylic acids is 1. The van der Waals surface area contributed by atoms with Gasteiger partial charge in [-0.2, -0.15) is 0 Å². The van der Waals surface area contributed by atoms with Gasteiger partial charge in [-0.25, -0.2) is 8.42 Å². The molecule has 7 nitrogen and oxygen atoms in total. The standard InChI is InChI=1S/C15H17ClN4O3S2/c1-9-3-4-10(2)20(9)15(21)12-6-5-11(16)7-13(12)25(22,23)18-14-8-24-19-17-14/h5-10,18H,3-4H2,1-2H3. The van der Waals surface area contributed by atoms with Gasteiger partial charge in [0.15, 0.2) is 5.82 Å². The number of nitrogens with zero attached hydrogens (tertiary/aromatic N) is 3. The number of benzene rings is 1. The Hall–Kier alpha value is -1.71. The fourth-order valence-electron chi connectivity index (χ4n) is 3.03. The summed E-state index contributed by atoms with van der Waals surface area (Å²) in [7, 11) is -4.02. The average Bonchev–Trinajstić information content (AvgIpc) is 3.16. The summed E-state index contributed by atoms with van der Waals surface area (Å²) in [6.45, 7) is 3.93. The summed E-state index contributed by atoms with van der Waals surface area (Å²) in [5.74, 6) is -0.211. The van der Waals surface area contributed by atoms with E-state index in [1.807, 2.05) is 13.8 Å². The van der Waals surface area contributed by atoms with Gasteiger partial charge in [0.25, 0.3) is 15.9 Å². The SMILES string of the molecule is CC1CCC(C)N1C(=O)c1ccc(Cl)cc1S(=O)(=O)Nc1csnn1. The molecule has 1 aliphatic heterocycles. The highest BCUT2D eigenvalue weighted by Crippen LogP contribution is 2.29. The molecule has 2 atom stereocenters. The maximum Gasteiger partial charge on any atom is 0.263 e. The predicted molar refractivity (Wildman–Crippen MR) is 96.5 cm³/mol. The van der Waals surface area contributed by atoms with Crippen LogP contribution in [0.4, 0.5) is 5.82 Å². The van der Waals surface area contributed by atoms with Crippen LogP contribution in [-0.4, -0.2) is 40.9 Å². The molecule has 25 heavy (non-hydrogen) atoms. The first-order valence-electron chi connectivity index (χ1n) is 7.71. The number of aromatic nitrogens is 2. The molecule has 0 radical (unpaired) electrons. The van der Waals surface area contributed by atoms with Crippen molar-refractivity contribution in [2.24, 2.45) is 0 Å². The number of amides is 1. The molecule has 0 aliphatic carbocycles. The van der Waals surface area contributed by atoms with Gasteiger partial charge < -0.3 is 4.90 Å². The zero-order chi connectivity index (χ0) is 18.2. The summed E-state index contributed by atoms with van der Waals surface area (Å²) in [6, 6.07) is 4.37. The van der Waals surface area contributed by atoms with Crippen molar-refractivity contribution >= 4 is 44.9 Å². The van der Waals surface area contributed by atoms with Gasteiger partial charge in [-0.15, -0.1) is 5.10 Å². The molecule has 1 fully saturated rings. The molecule has 1 aromatic carbocycles. The lowest BCUT2D eigenvalue weighted by molar-refractivity contribution is 0.0689. The zero-order valence-electron chi connectivity index (χ0n) is 13.6. The van der Waals surface area contributed by atoms with Crippen LogP contribution in [0.3, 0.4) is 0 Å². The molecule has 0 spiro atoms. The van der Waals surface area contributed by atoms with Crippen LogP contribution < -0.4 is 4.72 Å². The lowest BCUT2D eigenvalue weighted by Gasteiger charge is -2.27. The van der Waals surface area contributed by atoms with Crippen molar-refractivity contribution < 1.29 is 13.2 Å². The van der Waals surface area contributed by atoms with Crippen LogP contribution in [0.1, 0.15) is 37.0 Å². The second kappa shape index (κ2) is 6.89. The van der Waals surface area contributed by atoms with Crippen LogP contribution >= 0.6 is 23.1 Å². The van der Waals surface area contributed by atoms with E-state index in [9.17, 15) is 13.2 Å². The minimum Gasteiger partial charge on any atom is -0.333 e. The number of likely N-dealkylation sites (tertiary alicyclic amines) is 1. The number of sulfonamides is 1. The third-order valence-corrected chi connectivity index (χ3v) is 6.38. The quantitative estimate of drug-likeness (QED) is 0.851. The summed E-state index contributed by atoms with van der Waals surface area (Å²) in [5, 5.41) is 5.37. The molecule has 10 heteroatoms. The number of hydrogen-bond acceptors (Lipinski definition) is 6. The molecule has 1 saturated heterocycles. The van der Waals surface area contributed by atoms with Crippen molar-refractivity contribution in [2.75, 3.05) is 4.72 Å². The van der Waals surface area contributed by atoms with Gasteiger partial charge in [-0.3, -0.25) is 9.52 Å². The molecule has 2 unspecified atom stereocenters. The highest BCUT2D eigenvalue weighted by Gasteiger charge is 2.34. The van der Waals surface area contributed by atoms with Crippen molar-refractivity contribution in [2.45, 2.75) is 43.7 Å². The second-order valence-electron chi connectivity index (χ2n) is 6.02. The van der Waals surface area contributed by atoms with Crippen molar-refractivity contribution in [3.8, 4) is 0 Å². The average molecular weight is 401 g/mol. The van der Waals surface area contributed by atoms with E-state index < -0.39 is 10.0 Å². The molecular formula is C15H17ClN4O3S2. The normalized spacial score (nSPS) is 20.7. The number of halogens is 1. The fourth-order valence-corrected chi connectivity index (χ4v) is 4.94. The van der Waals surface area contributed by atoms with Crippen molar-refractivity contribution in [3.05, 3.63) is 34.2 Å².